The van der Waals surface area contributed by atoms with E-state index in [0.29, 0.717) is 0 Å². The Balaban J connectivity index is -0.000000720. The van der Waals surface area contributed by atoms with E-state index in [4.69, 9.17) is 0 Å². The molecule has 0 aliphatic heterocycles. The Bertz CT molecular complexity index is 196. The van der Waals surface area contributed by atoms with Gasteiger partial charge in [0.25, 0.3) is 17.9 Å². The van der Waals surface area contributed by atoms with Gasteiger partial charge in [-0.25, -0.2) is 0 Å². The van der Waals surface area contributed by atoms with Crippen molar-refractivity contribution in [1.82, 2.24) is 0 Å². The van der Waals surface area contributed by atoms with Gasteiger partial charge in [0.2, 0.25) is 0 Å². The molecule has 0 N–H and O–H groups in total. The van der Waals surface area contributed by atoms with E-state index in [2.05, 4.69) is 14.0 Å². The van der Waals surface area contributed by atoms with Crippen LogP contribution in [0.25, 0.3) is 0 Å². The number of carbonyl (C=O) groups is 3. The molecule has 0 spiro atoms. The summed E-state index contributed by atoms with van der Waals surface area (Å²) < 4.78 is 13.3. The first-order chi connectivity index (χ1) is 5.91. The van der Waals surface area contributed by atoms with Gasteiger partial charge in [-0.05, 0) is 0 Å². The first-order valence-corrected chi connectivity index (χ1v) is 3.59. The molecule has 0 unspecified atom stereocenters. The van der Waals surface area contributed by atoms with E-state index in [1.165, 1.54) is 0 Å². The van der Waals surface area contributed by atoms with Crippen molar-refractivity contribution in [3.63, 3.8) is 0 Å². The van der Waals surface area contributed by atoms with E-state index >= 15 is 0 Å². The van der Waals surface area contributed by atoms with Gasteiger partial charge in [0.05, 0.1) is 0 Å². The van der Waals surface area contributed by atoms with Gasteiger partial charge in [-0.15, -0.1) is 0 Å². The smallest absolute Gasteiger partial charge is 0.625 e. The van der Waals surface area contributed by atoms with E-state index in [9.17, 15) is 14.4 Å². The molecule has 0 amide bonds. The molecule has 9 heteroatoms. The van der Waals surface area contributed by atoms with Crippen LogP contribution in [0.2, 0.25) is 0 Å². The zero-order valence-electron chi connectivity index (χ0n) is 9.23. The Morgan fingerprint density at radius 2 is 1.00 bits per heavy atom. The normalized spacial score (nSPS) is 8.00. The molecule has 0 bridgehead atoms. The van der Waals surface area contributed by atoms with Crippen LogP contribution >= 0.6 is 0 Å². The minimum absolute atomic E-state index is 0. The molecular formula is C6H10B2NaO6. The molecule has 0 atom stereocenters. The predicted octanol–water partition coefficient (Wildman–Crippen LogP) is -3.98. The van der Waals surface area contributed by atoms with Crippen molar-refractivity contribution in [3.05, 3.63) is 0 Å². The first-order valence-electron chi connectivity index (χ1n) is 3.59. The van der Waals surface area contributed by atoms with Crippen molar-refractivity contribution in [2.75, 3.05) is 0 Å². The van der Waals surface area contributed by atoms with Crippen molar-refractivity contribution < 1.29 is 57.9 Å². The summed E-state index contributed by atoms with van der Waals surface area (Å²) in [6.45, 7) is 3.35. The van der Waals surface area contributed by atoms with Crippen molar-refractivity contribution in [2.45, 2.75) is 20.8 Å². The maximum absolute atomic E-state index is 10.4. The zero-order chi connectivity index (χ0) is 10.4. The Morgan fingerprint density at radius 3 is 1.13 bits per heavy atom. The van der Waals surface area contributed by atoms with E-state index in [-0.39, 0.29) is 38.0 Å². The summed E-state index contributed by atoms with van der Waals surface area (Å²) in [4.78, 5) is 31.3. The van der Waals surface area contributed by atoms with E-state index in [1.54, 1.807) is 0 Å². The minimum atomic E-state index is -2.41. The first kappa shape index (κ1) is 20.0. The number of carbonyl (C=O) groups excluding carboxylic acids is 3. The monoisotopic (exact) mass is 223 g/mol. The second kappa shape index (κ2) is 10.1. The molecule has 0 aromatic carbocycles. The molecule has 0 aromatic rings. The second-order valence-corrected chi connectivity index (χ2v) is 2.26. The summed E-state index contributed by atoms with van der Waals surface area (Å²) >= 11 is 0. The molecule has 0 fully saturated rings. The molecular weight excluding hydrogens is 213 g/mol. The van der Waals surface area contributed by atoms with Crippen LogP contribution in [0.3, 0.4) is 0 Å². The molecule has 77 valence electrons. The van der Waals surface area contributed by atoms with Crippen LogP contribution in [0.4, 0.5) is 0 Å². The number of hydrogen-bond donors (Lipinski definition) is 0. The van der Waals surface area contributed by atoms with Gasteiger partial charge < -0.3 is 14.0 Å². The van der Waals surface area contributed by atoms with Crippen LogP contribution in [0.15, 0.2) is 0 Å². The average Bonchev–Trinajstić information content (AvgIpc) is 1.80. The van der Waals surface area contributed by atoms with Crippen molar-refractivity contribution >= 4 is 33.6 Å². The SMILES string of the molecule is CC(=O)O[BH-](OC(C)=O)OC(C)=O.[B].[Na+]. The zero-order valence-corrected chi connectivity index (χ0v) is 11.2. The summed E-state index contributed by atoms with van der Waals surface area (Å²) in [6.07, 6.45) is 0. The topological polar surface area (TPSA) is 78.9 Å². The van der Waals surface area contributed by atoms with Crippen molar-refractivity contribution in [2.24, 2.45) is 0 Å². The van der Waals surface area contributed by atoms with Crippen LogP contribution in [-0.4, -0.2) is 33.6 Å². The van der Waals surface area contributed by atoms with Gasteiger partial charge in [-0.1, -0.05) is 0 Å². The minimum Gasteiger partial charge on any atom is -0.625 e. The van der Waals surface area contributed by atoms with E-state index < -0.39 is 25.2 Å². The van der Waals surface area contributed by atoms with Gasteiger partial charge in [0, 0.05) is 29.2 Å². The Kier molecular flexibility index (Phi) is 13.4. The van der Waals surface area contributed by atoms with Gasteiger partial charge in [-0.2, -0.15) is 0 Å². The third-order valence-electron chi connectivity index (χ3n) is 0.963. The standard InChI is InChI=1S/C6H10BO6.B.Na/c1-4(8)11-7(12-5(2)9)13-6(3)10;;/h7H,1-3H3;;/q-1;;+1. The summed E-state index contributed by atoms with van der Waals surface area (Å²) in [5.41, 5.74) is 0. The molecule has 0 saturated carbocycles. The molecule has 0 aromatic heterocycles. The number of rotatable bonds is 3. The largest absolute Gasteiger partial charge is 1.00 e. The van der Waals surface area contributed by atoms with Crippen LogP contribution in [-0.2, 0) is 28.3 Å². The molecule has 0 aliphatic carbocycles. The van der Waals surface area contributed by atoms with E-state index in [0.717, 1.165) is 20.8 Å². The number of hydrogen-bond acceptors (Lipinski definition) is 6. The summed E-state index contributed by atoms with van der Waals surface area (Å²) in [6, 6.07) is 0. The maximum Gasteiger partial charge on any atom is 1.00 e. The van der Waals surface area contributed by atoms with Crippen LogP contribution < -0.4 is 29.6 Å². The molecule has 0 saturated heterocycles. The molecule has 15 heavy (non-hydrogen) atoms. The third-order valence-corrected chi connectivity index (χ3v) is 0.963. The Morgan fingerprint density at radius 1 is 0.800 bits per heavy atom. The summed E-state index contributed by atoms with van der Waals surface area (Å²) in [5, 5.41) is 0. The molecule has 0 aliphatic rings. The average molecular weight is 223 g/mol. The van der Waals surface area contributed by atoms with Crippen LogP contribution in [0, 0.1) is 0 Å². The second-order valence-electron chi connectivity index (χ2n) is 2.26. The Labute approximate surface area is 112 Å². The quantitative estimate of drug-likeness (QED) is 0.453. The van der Waals surface area contributed by atoms with Crippen molar-refractivity contribution in [3.8, 4) is 0 Å². The van der Waals surface area contributed by atoms with Gasteiger partial charge in [0.15, 0.2) is 0 Å². The van der Waals surface area contributed by atoms with Crippen LogP contribution in [0.1, 0.15) is 20.8 Å². The molecule has 6 nitrogen and oxygen atoms in total. The molecule has 3 radical (unpaired) electrons. The third kappa shape index (κ3) is 13.5. The summed E-state index contributed by atoms with van der Waals surface area (Å²) in [7, 11) is -2.41. The van der Waals surface area contributed by atoms with Gasteiger partial charge >= 0.3 is 36.9 Å². The van der Waals surface area contributed by atoms with Crippen LogP contribution in [0.5, 0.6) is 0 Å². The predicted molar refractivity (Wildman–Crippen MR) is 48.2 cm³/mol. The fourth-order valence-electron chi connectivity index (χ4n) is 0.586. The summed E-state index contributed by atoms with van der Waals surface area (Å²) in [5.74, 6) is -2.03. The molecule has 0 heterocycles. The molecule has 0 rings (SSSR count). The fourth-order valence-corrected chi connectivity index (χ4v) is 0.586. The van der Waals surface area contributed by atoms with Crippen molar-refractivity contribution in [1.29, 1.82) is 0 Å². The van der Waals surface area contributed by atoms with Gasteiger partial charge in [0.1, 0.15) is 0 Å². The maximum atomic E-state index is 10.4. The van der Waals surface area contributed by atoms with Gasteiger partial charge in [-0.3, -0.25) is 14.4 Å². The van der Waals surface area contributed by atoms with E-state index in [1.807, 2.05) is 0 Å². The Hall–Kier alpha value is -0.460. The fraction of sp³-hybridized carbons (Fsp3) is 0.500.